The predicted molar refractivity (Wildman–Crippen MR) is 95.9 cm³/mol. The number of thiazole rings is 1. The van der Waals surface area contributed by atoms with E-state index in [1.807, 2.05) is 19.4 Å². The second-order valence-electron chi connectivity index (χ2n) is 6.53. The van der Waals surface area contributed by atoms with Crippen molar-refractivity contribution in [1.82, 2.24) is 9.88 Å². The topological polar surface area (TPSA) is 42.4 Å². The van der Waals surface area contributed by atoms with Crippen molar-refractivity contribution in [3.63, 3.8) is 0 Å². The Kier molecular flexibility index (Phi) is 5.31. The summed E-state index contributed by atoms with van der Waals surface area (Å²) in [5, 5.41) is 3.00. The molecule has 2 atom stereocenters. The van der Waals surface area contributed by atoms with Gasteiger partial charge in [-0.05, 0) is 32.3 Å². The summed E-state index contributed by atoms with van der Waals surface area (Å²) >= 11 is 1.60. The standard InChI is InChI=1S/C19H24N2O2S/c1-13-6-8-15(9-7-13)18-16(5-4-10-23-18)19(22)21(3)11-17-20-14(2)12-24-17/h6-9,12,16,18H,4-5,10-11H2,1-3H3. The zero-order valence-corrected chi connectivity index (χ0v) is 15.3. The molecule has 1 fully saturated rings. The molecule has 3 rings (SSSR count). The van der Waals surface area contributed by atoms with Gasteiger partial charge in [0.15, 0.2) is 0 Å². The smallest absolute Gasteiger partial charge is 0.228 e. The number of hydrogen-bond donors (Lipinski definition) is 0. The zero-order valence-electron chi connectivity index (χ0n) is 14.5. The summed E-state index contributed by atoms with van der Waals surface area (Å²) in [6.07, 6.45) is 1.66. The first-order valence-corrected chi connectivity index (χ1v) is 9.26. The molecule has 0 saturated carbocycles. The van der Waals surface area contributed by atoms with E-state index in [0.29, 0.717) is 6.54 Å². The molecule has 128 valence electrons. The summed E-state index contributed by atoms with van der Waals surface area (Å²) in [6, 6.07) is 8.32. The van der Waals surface area contributed by atoms with Crippen LogP contribution in [0.3, 0.4) is 0 Å². The summed E-state index contributed by atoms with van der Waals surface area (Å²) in [6.45, 7) is 5.33. The van der Waals surface area contributed by atoms with Gasteiger partial charge in [0.25, 0.3) is 0 Å². The fourth-order valence-electron chi connectivity index (χ4n) is 3.16. The Morgan fingerprint density at radius 3 is 2.75 bits per heavy atom. The SMILES string of the molecule is Cc1ccc(C2OCCCC2C(=O)N(C)Cc2nc(C)cs2)cc1. The average molecular weight is 344 g/mol. The highest BCUT2D eigenvalue weighted by Crippen LogP contribution is 2.35. The maximum absolute atomic E-state index is 13.0. The van der Waals surface area contributed by atoms with Crippen LogP contribution in [-0.4, -0.2) is 29.4 Å². The van der Waals surface area contributed by atoms with E-state index in [2.05, 4.69) is 36.2 Å². The van der Waals surface area contributed by atoms with Gasteiger partial charge in [-0.2, -0.15) is 0 Å². The molecule has 1 amide bonds. The van der Waals surface area contributed by atoms with Crippen LogP contribution in [0.1, 0.15) is 40.8 Å². The zero-order chi connectivity index (χ0) is 17.1. The summed E-state index contributed by atoms with van der Waals surface area (Å²) in [7, 11) is 1.86. The van der Waals surface area contributed by atoms with Crippen LogP contribution in [-0.2, 0) is 16.1 Å². The predicted octanol–water partition coefficient (Wildman–Crippen LogP) is 3.89. The number of rotatable bonds is 4. The largest absolute Gasteiger partial charge is 0.373 e. The van der Waals surface area contributed by atoms with Gasteiger partial charge in [0.2, 0.25) is 5.91 Å². The van der Waals surface area contributed by atoms with E-state index in [4.69, 9.17) is 4.74 Å². The Hall–Kier alpha value is -1.72. The number of carbonyl (C=O) groups excluding carboxylic acids is 1. The van der Waals surface area contributed by atoms with E-state index in [9.17, 15) is 4.79 Å². The molecule has 1 aliphatic heterocycles. The summed E-state index contributed by atoms with van der Waals surface area (Å²) in [5.41, 5.74) is 3.32. The Balaban J connectivity index is 1.74. The first-order valence-electron chi connectivity index (χ1n) is 8.39. The molecular formula is C19H24N2O2S. The molecule has 5 heteroatoms. The molecule has 1 aromatic heterocycles. The van der Waals surface area contributed by atoms with E-state index in [-0.39, 0.29) is 17.9 Å². The van der Waals surface area contributed by atoms with Crippen molar-refractivity contribution in [1.29, 1.82) is 0 Å². The minimum atomic E-state index is -0.146. The van der Waals surface area contributed by atoms with Crippen LogP contribution >= 0.6 is 11.3 Å². The van der Waals surface area contributed by atoms with E-state index < -0.39 is 0 Å². The molecule has 1 saturated heterocycles. The fourth-order valence-corrected chi connectivity index (χ4v) is 3.98. The van der Waals surface area contributed by atoms with E-state index >= 15 is 0 Å². The molecule has 0 bridgehead atoms. The lowest BCUT2D eigenvalue weighted by atomic mass is 9.88. The van der Waals surface area contributed by atoms with Gasteiger partial charge in [-0.25, -0.2) is 4.98 Å². The molecule has 2 unspecified atom stereocenters. The lowest BCUT2D eigenvalue weighted by Crippen LogP contribution is -2.38. The van der Waals surface area contributed by atoms with Gasteiger partial charge >= 0.3 is 0 Å². The van der Waals surface area contributed by atoms with Crippen molar-refractivity contribution < 1.29 is 9.53 Å². The highest BCUT2D eigenvalue weighted by Gasteiger charge is 2.34. The average Bonchev–Trinajstić information content (AvgIpc) is 3.00. The Bertz CT molecular complexity index is 696. The van der Waals surface area contributed by atoms with Crippen LogP contribution < -0.4 is 0 Å². The maximum atomic E-state index is 13.0. The second kappa shape index (κ2) is 7.45. The maximum Gasteiger partial charge on any atom is 0.228 e. The highest BCUT2D eigenvalue weighted by molar-refractivity contribution is 7.09. The number of nitrogens with zero attached hydrogens (tertiary/aromatic N) is 2. The van der Waals surface area contributed by atoms with Gasteiger partial charge in [-0.15, -0.1) is 11.3 Å². The quantitative estimate of drug-likeness (QED) is 0.845. The number of aromatic nitrogens is 1. The fraction of sp³-hybridized carbons (Fsp3) is 0.474. The molecule has 4 nitrogen and oxygen atoms in total. The molecule has 0 spiro atoms. The summed E-state index contributed by atoms with van der Waals surface area (Å²) in [5.74, 6) is 0.0284. The van der Waals surface area contributed by atoms with Gasteiger partial charge in [-0.3, -0.25) is 4.79 Å². The molecule has 2 heterocycles. The Morgan fingerprint density at radius 1 is 1.33 bits per heavy atom. The first kappa shape index (κ1) is 17.1. The molecule has 2 aromatic rings. The monoisotopic (exact) mass is 344 g/mol. The van der Waals surface area contributed by atoms with Gasteiger partial charge in [0.05, 0.1) is 18.6 Å². The van der Waals surface area contributed by atoms with Crippen LogP contribution in [0.4, 0.5) is 0 Å². The third-order valence-electron chi connectivity index (χ3n) is 4.46. The minimum Gasteiger partial charge on any atom is -0.373 e. The van der Waals surface area contributed by atoms with Crippen molar-refractivity contribution in [2.45, 2.75) is 39.3 Å². The number of carbonyl (C=O) groups is 1. The van der Waals surface area contributed by atoms with Gasteiger partial charge in [0, 0.05) is 24.7 Å². The van der Waals surface area contributed by atoms with Crippen molar-refractivity contribution in [3.8, 4) is 0 Å². The number of ether oxygens (including phenoxy) is 1. The van der Waals surface area contributed by atoms with Crippen molar-refractivity contribution >= 4 is 17.2 Å². The summed E-state index contributed by atoms with van der Waals surface area (Å²) in [4.78, 5) is 19.2. The molecule has 0 aliphatic carbocycles. The number of amides is 1. The second-order valence-corrected chi connectivity index (χ2v) is 7.47. The molecule has 24 heavy (non-hydrogen) atoms. The molecular weight excluding hydrogens is 320 g/mol. The Morgan fingerprint density at radius 2 is 2.08 bits per heavy atom. The van der Waals surface area contributed by atoms with Crippen molar-refractivity contribution in [3.05, 3.63) is 51.5 Å². The minimum absolute atomic E-state index is 0.118. The van der Waals surface area contributed by atoms with Crippen molar-refractivity contribution in [2.75, 3.05) is 13.7 Å². The van der Waals surface area contributed by atoms with Crippen LogP contribution in [0.15, 0.2) is 29.6 Å². The lowest BCUT2D eigenvalue weighted by molar-refractivity contribution is -0.144. The van der Waals surface area contributed by atoms with Gasteiger partial charge in [-0.1, -0.05) is 29.8 Å². The third-order valence-corrected chi connectivity index (χ3v) is 5.41. The number of aryl methyl sites for hydroxylation is 2. The van der Waals surface area contributed by atoms with Gasteiger partial charge < -0.3 is 9.64 Å². The lowest BCUT2D eigenvalue weighted by Gasteiger charge is -2.33. The molecule has 0 N–H and O–H groups in total. The first-order chi connectivity index (χ1) is 11.5. The van der Waals surface area contributed by atoms with E-state index in [1.165, 1.54) is 5.56 Å². The molecule has 0 radical (unpaired) electrons. The molecule has 1 aliphatic rings. The normalized spacial score (nSPS) is 20.8. The van der Waals surface area contributed by atoms with Crippen LogP contribution in [0.2, 0.25) is 0 Å². The number of hydrogen-bond acceptors (Lipinski definition) is 4. The third kappa shape index (κ3) is 3.84. The van der Waals surface area contributed by atoms with Crippen LogP contribution in [0, 0.1) is 19.8 Å². The van der Waals surface area contributed by atoms with Crippen molar-refractivity contribution in [2.24, 2.45) is 5.92 Å². The number of benzene rings is 1. The molecule has 1 aromatic carbocycles. The highest BCUT2D eigenvalue weighted by atomic mass is 32.1. The summed E-state index contributed by atoms with van der Waals surface area (Å²) < 4.78 is 5.98. The van der Waals surface area contributed by atoms with E-state index in [1.54, 1.807) is 16.2 Å². The Labute approximate surface area is 147 Å². The van der Waals surface area contributed by atoms with Gasteiger partial charge in [0.1, 0.15) is 5.01 Å². The van der Waals surface area contributed by atoms with E-state index in [0.717, 1.165) is 35.7 Å². The van der Waals surface area contributed by atoms with Crippen LogP contribution in [0.25, 0.3) is 0 Å². The van der Waals surface area contributed by atoms with Crippen LogP contribution in [0.5, 0.6) is 0 Å².